The lowest BCUT2D eigenvalue weighted by Gasteiger charge is -2.10. The molecule has 0 spiro atoms. The van der Waals surface area contributed by atoms with E-state index in [1.165, 1.54) is 0 Å². The zero-order valence-corrected chi connectivity index (χ0v) is 11.6. The van der Waals surface area contributed by atoms with Crippen LogP contribution >= 0.6 is 0 Å². The average molecular weight is 269 g/mol. The van der Waals surface area contributed by atoms with Gasteiger partial charge in [0, 0.05) is 36.9 Å². The molecule has 3 heterocycles. The summed E-state index contributed by atoms with van der Waals surface area (Å²) in [4.78, 5) is 4.61. The molecule has 102 valence electrons. The number of aryl methyl sites for hydroxylation is 2. The van der Waals surface area contributed by atoms with E-state index < -0.39 is 0 Å². The predicted molar refractivity (Wildman–Crippen MR) is 69.5 cm³/mol. The van der Waals surface area contributed by atoms with Crippen molar-refractivity contribution in [1.82, 2.24) is 14.1 Å². The zero-order valence-electron chi connectivity index (χ0n) is 11.6. The van der Waals surface area contributed by atoms with Gasteiger partial charge in [-0.05, 0) is 0 Å². The maximum Gasteiger partial charge on any atom is 0.244 e. The van der Waals surface area contributed by atoms with Crippen LogP contribution in [0.5, 0.6) is 5.75 Å². The molecule has 3 rings (SSSR count). The molecule has 0 atom stereocenters. The third-order valence-corrected chi connectivity index (χ3v) is 2.91. The molecule has 0 saturated heterocycles. The fraction of sp³-hybridized carbons (Fsp3) is 0.214. The normalized spacial score (nSPS) is 10.8. The van der Waals surface area contributed by atoms with Crippen LogP contribution in [-0.2, 0) is 14.1 Å². The summed E-state index contributed by atoms with van der Waals surface area (Å²) in [6.45, 7) is 0. The third kappa shape index (κ3) is 2.27. The van der Waals surface area contributed by atoms with Crippen LogP contribution in [0.25, 0.3) is 11.6 Å². The van der Waals surface area contributed by atoms with Crippen LogP contribution in [0.4, 0.5) is 0 Å². The summed E-state index contributed by atoms with van der Waals surface area (Å²) < 4.78 is 12.6. The van der Waals surface area contributed by atoms with Crippen LogP contribution in [-0.4, -0.2) is 21.2 Å². The predicted octanol–water partition coefficient (Wildman–Crippen LogP) is -0.0790. The van der Waals surface area contributed by atoms with Crippen molar-refractivity contribution in [2.24, 2.45) is 14.1 Å². The Labute approximate surface area is 117 Å². The van der Waals surface area contributed by atoms with Crippen LogP contribution in [0.3, 0.4) is 0 Å². The Morgan fingerprint density at radius 3 is 1.85 bits per heavy atom. The molecule has 3 aromatic rings. The molecule has 0 N–H and O–H groups in total. The molecular weight excluding hydrogens is 254 g/mol. The van der Waals surface area contributed by atoms with Crippen LogP contribution < -0.4 is 13.9 Å². The van der Waals surface area contributed by atoms with Crippen molar-refractivity contribution in [1.29, 1.82) is 0 Å². The molecule has 0 aliphatic heterocycles. The summed E-state index contributed by atoms with van der Waals surface area (Å²) >= 11 is 0. The minimum Gasteiger partial charge on any atom is -0.498 e. The van der Waals surface area contributed by atoms with E-state index in [-0.39, 0.29) is 0 Å². The van der Waals surface area contributed by atoms with Crippen LogP contribution in [0, 0.1) is 12.7 Å². The number of aromatic nitrogens is 5. The maximum absolute atomic E-state index is 5.34. The van der Waals surface area contributed by atoms with Crippen molar-refractivity contribution in [3.05, 3.63) is 49.6 Å². The van der Waals surface area contributed by atoms with Crippen molar-refractivity contribution in [2.45, 2.75) is 0 Å². The van der Waals surface area contributed by atoms with Gasteiger partial charge in [0.25, 0.3) is 0 Å². The molecule has 0 aromatic carbocycles. The number of nitrogens with zero attached hydrogens (tertiary/aromatic N) is 5. The van der Waals surface area contributed by atoms with Crippen LogP contribution in [0.1, 0.15) is 0 Å². The Hall–Kier alpha value is -2.63. The summed E-state index contributed by atoms with van der Waals surface area (Å²) in [7, 11) is 5.47. The average Bonchev–Trinajstić information content (AvgIpc) is 3.07. The minimum atomic E-state index is 0.736. The number of methoxy groups -OCH3 is 1. The second-order valence-corrected chi connectivity index (χ2v) is 4.48. The smallest absolute Gasteiger partial charge is 0.244 e. The van der Waals surface area contributed by atoms with Gasteiger partial charge in [0.1, 0.15) is 17.4 Å². The van der Waals surface area contributed by atoms with Gasteiger partial charge in [0.2, 0.25) is 12.7 Å². The van der Waals surface area contributed by atoms with Gasteiger partial charge < -0.3 is 23.0 Å². The molecule has 20 heavy (non-hydrogen) atoms. The Morgan fingerprint density at radius 1 is 1.00 bits per heavy atom. The van der Waals surface area contributed by atoms with Crippen molar-refractivity contribution in [3.8, 4) is 17.4 Å². The highest BCUT2D eigenvalue weighted by molar-refractivity contribution is 5.40. The highest BCUT2D eigenvalue weighted by Gasteiger charge is 2.06. The molecule has 6 nitrogen and oxygen atoms in total. The highest BCUT2D eigenvalue weighted by Crippen LogP contribution is 2.18. The molecule has 6 heteroatoms. The largest absolute Gasteiger partial charge is 0.498 e. The Kier molecular flexibility index (Phi) is 2.98. The maximum atomic E-state index is 5.34. The molecule has 0 saturated carbocycles. The van der Waals surface area contributed by atoms with Crippen molar-refractivity contribution in [3.63, 3.8) is 0 Å². The molecule has 0 aliphatic rings. The van der Waals surface area contributed by atoms with E-state index in [2.05, 4.69) is 17.6 Å². The van der Waals surface area contributed by atoms with Gasteiger partial charge in [-0.25, -0.2) is 0 Å². The van der Waals surface area contributed by atoms with E-state index in [0.29, 0.717) is 0 Å². The molecule has 0 amide bonds. The first-order chi connectivity index (χ1) is 9.65. The van der Waals surface area contributed by atoms with Gasteiger partial charge >= 0.3 is 0 Å². The summed E-state index contributed by atoms with van der Waals surface area (Å²) in [6.07, 6.45) is 13.8. The molecule has 3 aromatic heterocycles. The van der Waals surface area contributed by atoms with Crippen LogP contribution in [0.15, 0.2) is 36.9 Å². The summed E-state index contributed by atoms with van der Waals surface area (Å²) in [5.41, 5.74) is 0. The standard InChI is InChI=1S/C14H15N5O/c1-16-4-6-18(10-16)13-8-12(20-3)9-14(15-13)19-7-5-17(2)11-19/h4-9H,1-3H3. The van der Waals surface area contributed by atoms with Gasteiger partial charge in [-0.2, -0.15) is 0 Å². The number of rotatable bonds is 3. The van der Waals surface area contributed by atoms with E-state index in [9.17, 15) is 0 Å². The number of imidazole rings is 2. The lowest BCUT2D eigenvalue weighted by Crippen LogP contribution is -2.25. The molecule has 0 unspecified atom stereocenters. The monoisotopic (exact) mass is 269 g/mol. The summed E-state index contributed by atoms with van der Waals surface area (Å²) in [6, 6.07) is 3.73. The van der Waals surface area contributed by atoms with Gasteiger partial charge in [-0.1, -0.05) is 0 Å². The summed E-state index contributed by atoms with van der Waals surface area (Å²) in [5, 5.41) is 0. The van der Waals surface area contributed by atoms with Gasteiger partial charge in [-0.3, -0.25) is 4.98 Å². The van der Waals surface area contributed by atoms with E-state index >= 15 is 0 Å². The van der Waals surface area contributed by atoms with Crippen molar-refractivity contribution < 1.29 is 13.9 Å². The first-order valence-electron chi connectivity index (χ1n) is 6.15. The molecule has 0 bridgehead atoms. The zero-order chi connectivity index (χ0) is 14.1. The number of hydrogen-bond donors (Lipinski definition) is 0. The Morgan fingerprint density at radius 2 is 1.50 bits per heavy atom. The molecule has 0 radical (unpaired) electrons. The van der Waals surface area contributed by atoms with E-state index in [4.69, 9.17) is 4.74 Å². The topological polar surface area (TPSA) is 39.7 Å². The number of pyridine rings is 1. The van der Waals surface area contributed by atoms with E-state index in [0.717, 1.165) is 17.4 Å². The van der Waals surface area contributed by atoms with Gasteiger partial charge in [-0.15, -0.1) is 0 Å². The molecular formula is C14H15N5O. The lowest BCUT2D eigenvalue weighted by atomic mass is 10.4. The first kappa shape index (κ1) is 12.4. The lowest BCUT2D eigenvalue weighted by molar-refractivity contribution is -0.675. The van der Waals surface area contributed by atoms with Crippen molar-refractivity contribution >= 4 is 0 Å². The van der Waals surface area contributed by atoms with E-state index in [1.807, 2.05) is 69.3 Å². The quantitative estimate of drug-likeness (QED) is 0.493. The fourth-order valence-electron chi connectivity index (χ4n) is 1.90. The molecule has 0 fully saturated rings. The Bertz CT molecular complexity index is 685. The number of hydrogen-bond acceptors (Lipinski definition) is 2. The van der Waals surface area contributed by atoms with E-state index in [1.54, 1.807) is 7.11 Å². The molecule has 0 aliphatic carbocycles. The first-order valence-corrected chi connectivity index (χ1v) is 6.15. The third-order valence-electron chi connectivity index (χ3n) is 2.91. The fourth-order valence-corrected chi connectivity index (χ4v) is 1.90. The number of ether oxygens (including phenoxy) is 1. The van der Waals surface area contributed by atoms with Crippen molar-refractivity contribution in [2.75, 3.05) is 7.11 Å². The minimum absolute atomic E-state index is 0.736. The van der Waals surface area contributed by atoms with Gasteiger partial charge in [0.05, 0.1) is 21.2 Å². The van der Waals surface area contributed by atoms with Gasteiger partial charge in [0.15, 0.2) is 0 Å². The second-order valence-electron chi connectivity index (χ2n) is 4.48. The highest BCUT2D eigenvalue weighted by atomic mass is 16.5. The summed E-state index contributed by atoms with van der Waals surface area (Å²) in [5.74, 6) is 2.22. The SMILES string of the molecule is COc1cc(-n2[c-][n+](C)cc2)nc(-n2[c-][n+](C)cc2)c1. The second kappa shape index (κ2) is 4.80. The Balaban J connectivity index is 2.12. The van der Waals surface area contributed by atoms with Crippen LogP contribution in [0.2, 0.25) is 0 Å².